The Hall–Kier alpha value is -1.74. The van der Waals surface area contributed by atoms with Gasteiger partial charge in [-0.2, -0.15) is 5.26 Å². The van der Waals surface area contributed by atoms with E-state index in [1.54, 1.807) is 6.19 Å². The molecule has 0 atom stereocenters. The van der Waals surface area contributed by atoms with E-state index in [4.69, 9.17) is 5.26 Å². The first-order chi connectivity index (χ1) is 6.40. The Kier molecular flexibility index (Phi) is 2.02. The zero-order valence-corrected chi connectivity index (χ0v) is 6.91. The third-order valence-electron chi connectivity index (χ3n) is 1.84. The second-order valence-electron chi connectivity index (χ2n) is 2.69. The third kappa shape index (κ3) is 1.55. The molecule has 0 radical (unpaired) electrons. The molecular formula is C7H8N6. The maximum absolute atomic E-state index is 8.34. The molecule has 1 aromatic rings. The minimum Gasteiger partial charge on any atom is -0.311 e. The van der Waals surface area contributed by atoms with E-state index in [2.05, 4.69) is 25.8 Å². The van der Waals surface area contributed by atoms with Gasteiger partial charge in [-0.25, -0.2) is 4.98 Å². The van der Waals surface area contributed by atoms with Crippen molar-refractivity contribution in [3.8, 4) is 6.19 Å². The summed E-state index contributed by atoms with van der Waals surface area (Å²) in [6.45, 7) is 1.61. The van der Waals surface area contributed by atoms with Gasteiger partial charge in [0.2, 0.25) is 0 Å². The van der Waals surface area contributed by atoms with E-state index in [0.29, 0.717) is 6.54 Å². The highest BCUT2D eigenvalue weighted by Gasteiger charge is 2.12. The quantitative estimate of drug-likeness (QED) is 0.439. The second-order valence-corrected chi connectivity index (χ2v) is 2.69. The summed E-state index contributed by atoms with van der Waals surface area (Å²) in [5.41, 5.74) is 1.79. The molecule has 66 valence electrons. The number of nitrogens with one attached hydrogen (secondary N) is 2. The molecule has 1 aliphatic rings. The van der Waals surface area contributed by atoms with Gasteiger partial charge in [0, 0.05) is 19.5 Å². The predicted molar refractivity (Wildman–Crippen MR) is 44.5 cm³/mol. The van der Waals surface area contributed by atoms with Gasteiger partial charge in [-0.15, -0.1) is 10.2 Å². The van der Waals surface area contributed by atoms with Crippen LogP contribution >= 0.6 is 0 Å². The Morgan fingerprint density at radius 2 is 2.31 bits per heavy atom. The lowest BCUT2D eigenvalue weighted by Gasteiger charge is -2.13. The van der Waals surface area contributed by atoms with Crippen LogP contribution in [0.3, 0.4) is 0 Å². The molecule has 2 rings (SSSR count). The monoisotopic (exact) mass is 176 g/mol. The SMILES string of the molecule is N#CNc1nnc2c(n1)CCNC2. The van der Waals surface area contributed by atoms with Gasteiger partial charge in [0.25, 0.3) is 5.95 Å². The lowest BCUT2D eigenvalue weighted by molar-refractivity contribution is 0.601. The summed E-state index contributed by atoms with van der Waals surface area (Å²) in [6.07, 6.45) is 2.60. The molecule has 2 N–H and O–H groups in total. The topological polar surface area (TPSA) is 86.5 Å². The molecule has 6 nitrogen and oxygen atoms in total. The number of hydrogen-bond donors (Lipinski definition) is 2. The number of fused-ring (bicyclic) bond motifs is 1. The van der Waals surface area contributed by atoms with E-state index >= 15 is 0 Å². The molecule has 0 unspecified atom stereocenters. The first-order valence-corrected chi connectivity index (χ1v) is 3.98. The molecular weight excluding hydrogens is 168 g/mol. The molecule has 1 aliphatic heterocycles. The molecule has 6 heteroatoms. The minimum atomic E-state index is 0.281. The minimum absolute atomic E-state index is 0.281. The third-order valence-corrected chi connectivity index (χ3v) is 1.84. The van der Waals surface area contributed by atoms with Gasteiger partial charge < -0.3 is 5.32 Å². The van der Waals surface area contributed by atoms with Crippen LogP contribution in [0.4, 0.5) is 5.95 Å². The van der Waals surface area contributed by atoms with Crippen molar-refractivity contribution in [1.29, 1.82) is 5.26 Å². The van der Waals surface area contributed by atoms with Gasteiger partial charge in [-0.3, -0.25) is 5.32 Å². The van der Waals surface area contributed by atoms with Crippen LogP contribution in [-0.4, -0.2) is 21.7 Å². The van der Waals surface area contributed by atoms with Gasteiger partial charge in [-0.1, -0.05) is 0 Å². The predicted octanol–water partition coefficient (Wildman–Crippen LogP) is -0.590. The molecule has 1 aromatic heterocycles. The van der Waals surface area contributed by atoms with Crippen molar-refractivity contribution in [2.45, 2.75) is 13.0 Å². The maximum atomic E-state index is 8.34. The van der Waals surface area contributed by atoms with Gasteiger partial charge in [-0.05, 0) is 0 Å². The molecule has 0 spiro atoms. The molecule has 0 aromatic carbocycles. The second kappa shape index (κ2) is 3.33. The van der Waals surface area contributed by atoms with E-state index < -0.39 is 0 Å². The van der Waals surface area contributed by atoms with Crippen molar-refractivity contribution in [1.82, 2.24) is 20.5 Å². The van der Waals surface area contributed by atoms with Crippen LogP contribution < -0.4 is 10.6 Å². The largest absolute Gasteiger partial charge is 0.311 e. The van der Waals surface area contributed by atoms with Crippen LogP contribution in [0.5, 0.6) is 0 Å². The first-order valence-electron chi connectivity index (χ1n) is 3.98. The summed E-state index contributed by atoms with van der Waals surface area (Å²) in [5, 5.41) is 21.6. The van der Waals surface area contributed by atoms with Crippen molar-refractivity contribution in [3.05, 3.63) is 11.4 Å². The number of anilines is 1. The lowest BCUT2D eigenvalue weighted by atomic mass is 10.2. The first kappa shape index (κ1) is 7.89. The number of rotatable bonds is 1. The highest BCUT2D eigenvalue weighted by Crippen LogP contribution is 2.08. The Morgan fingerprint density at radius 1 is 1.38 bits per heavy atom. The van der Waals surface area contributed by atoms with Crippen molar-refractivity contribution in [2.24, 2.45) is 0 Å². The maximum Gasteiger partial charge on any atom is 0.256 e. The summed E-state index contributed by atoms with van der Waals surface area (Å²) in [4.78, 5) is 4.16. The lowest BCUT2D eigenvalue weighted by Crippen LogP contribution is -2.26. The number of nitrogens with zero attached hydrogens (tertiary/aromatic N) is 4. The zero-order chi connectivity index (χ0) is 9.10. The Balaban J connectivity index is 2.31. The Labute approximate surface area is 75.0 Å². The fraction of sp³-hybridized carbons (Fsp3) is 0.429. The molecule has 0 amide bonds. The van der Waals surface area contributed by atoms with Crippen molar-refractivity contribution in [3.63, 3.8) is 0 Å². The average molecular weight is 176 g/mol. The average Bonchev–Trinajstić information content (AvgIpc) is 2.18. The van der Waals surface area contributed by atoms with Crippen LogP contribution in [0.1, 0.15) is 11.4 Å². The van der Waals surface area contributed by atoms with Gasteiger partial charge >= 0.3 is 0 Å². The van der Waals surface area contributed by atoms with E-state index in [9.17, 15) is 0 Å². The molecule has 2 heterocycles. The van der Waals surface area contributed by atoms with Gasteiger partial charge in [0.15, 0.2) is 6.19 Å². The number of hydrogen-bond acceptors (Lipinski definition) is 6. The smallest absolute Gasteiger partial charge is 0.256 e. The molecule has 0 aliphatic carbocycles. The van der Waals surface area contributed by atoms with Crippen LogP contribution in [0, 0.1) is 11.5 Å². The van der Waals surface area contributed by atoms with Crippen LogP contribution in [0.25, 0.3) is 0 Å². The fourth-order valence-electron chi connectivity index (χ4n) is 1.23. The van der Waals surface area contributed by atoms with Crippen LogP contribution in [0.15, 0.2) is 0 Å². The van der Waals surface area contributed by atoms with E-state index in [0.717, 1.165) is 24.4 Å². The summed E-state index contributed by atoms with van der Waals surface area (Å²) in [6, 6.07) is 0. The van der Waals surface area contributed by atoms with Crippen LogP contribution in [0.2, 0.25) is 0 Å². The summed E-state index contributed by atoms with van der Waals surface area (Å²) < 4.78 is 0. The standard InChI is InChI=1S/C7H8N6/c8-4-10-7-11-5-1-2-9-3-6(5)12-13-7/h9H,1-3H2,(H,10,11,13). The Bertz CT molecular complexity index is 354. The molecule has 0 bridgehead atoms. The summed E-state index contributed by atoms with van der Waals surface area (Å²) in [7, 11) is 0. The summed E-state index contributed by atoms with van der Waals surface area (Å²) >= 11 is 0. The van der Waals surface area contributed by atoms with Crippen molar-refractivity contribution < 1.29 is 0 Å². The van der Waals surface area contributed by atoms with E-state index in [1.165, 1.54) is 0 Å². The zero-order valence-electron chi connectivity index (χ0n) is 6.91. The molecule has 0 saturated carbocycles. The highest BCUT2D eigenvalue weighted by atomic mass is 15.2. The van der Waals surface area contributed by atoms with Crippen molar-refractivity contribution in [2.75, 3.05) is 11.9 Å². The highest BCUT2D eigenvalue weighted by molar-refractivity contribution is 5.30. The number of aromatic nitrogens is 3. The van der Waals surface area contributed by atoms with Gasteiger partial charge in [0.05, 0.1) is 11.4 Å². The normalized spacial score (nSPS) is 14.4. The molecule has 0 fully saturated rings. The van der Waals surface area contributed by atoms with Crippen LogP contribution in [-0.2, 0) is 13.0 Å². The van der Waals surface area contributed by atoms with E-state index in [1.807, 2.05) is 0 Å². The summed E-state index contributed by atoms with van der Waals surface area (Å²) in [5.74, 6) is 0.281. The molecule has 13 heavy (non-hydrogen) atoms. The fourth-order valence-corrected chi connectivity index (χ4v) is 1.23. The molecule has 0 saturated heterocycles. The van der Waals surface area contributed by atoms with E-state index in [-0.39, 0.29) is 5.95 Å². The Morgan fingerprint density at radius 3 is 3.15 bits per heavy atom. The number of nitriles is 1. The van der Waals surface area contributed by atoms with Crippen molar-refractivity contribution >= 4 is 5.95 Å². The van der Waals surface area contributed by atoms with Gasteiger partial charge in [0.1, 0.15) is 0 Å².